The van der Waals surface area contributed by atoms with Crippen molar-refractivity contribution in [2.45, 2.75) is 56.7 Å². The molecule has 4 unspecified atom stereocenters. The second-order valence-corrected chi connectivity index (χ2v) is 5.22. The number of carbonyl (C=O) groups excluding carboxylic acids is 1. The number of hydrogen-bond donors (Lipinski definition) is 2. The van der Waals surface area contributed by atoms with E-state index in [1.807, 2.05) is 0 Å². The minimum atomic E-state index is 0.00966. The fourth-order valence-electron chi connectivity index (χ4n) is 2.90. The number of unbranched alkanes of at least 4 members (excludes halogenated alkanes) is 2. The topological polar surface area (TPSA) is 64.4 Å². The summed E-state index contributed by atoms with van der Waals surface area (Å²) >= 11 is 0. The molecule has 1 aliphatic carbocycles. The molecule has 2 fully saturated rings. The predicted molar refractivity (Wildman–Crippen MR) is 69.7 cm³/mol. The van der Waals surface area contributed by atoms with Crippen LogP contribution in [0.5, 0.6) is 0 Å². The fraction of sp³-hybridized carbons (Fsp3) is 0.786. The van der Waals surface area contributed by atoms with Crippen LogP contribution in [-0.4, -0.2) is 30.7 Å². The van der Waals surface area contributed by atoms with E-state index in [1.165, 1.54) is 0 Å². The van der Waals surface area contributed by atoms with Crippen molar-refractivity contribution >= 4 is 5.91 Å². The third-order valence-corrected chi connectivity index (χ3v) is 3.98. The molecule has 1 aliphatic heterocycles. The molecule has 2 rings (SSSR count). The Kier molecular flexibility index (Phi) is 4.62. The van der Waals surface area contributed by atoms with E-state index < -0.39 is 0 Å². The van der Waals surface area contributed by atoms with Crippen molar-refractivity contribution in [3.05, 3.63) is 0 Å². The third kappa shape index (κ3) is 2.85. The molecule has 18 heavy (non-hydrogen) atoms. The maximum Gasteiger partial charge on any atom is 0.220 e. The first-order valence-electron chi connectivity index (χ1n) is 6.84. The predicted octanol–water partition coefficient (Wildman–Crippen LogP) is 0.801. The lowest BCUT2D eigenvalue weighted by molar-refractivity contribution is -0.139. The molecule has 0 aromatic rings. The molecule has 2 aliphatic rings. The number of terminal acetylenes is 1. The summed E-state index contributed by atoms with van der Waals surface area (Å²) in [5.74, 6) is 3.08. The number of ether oxygens (including phenoxy) is 1. The van der Waals surface area contributed by atoms with Crippen LogP contribution in [0.25, 0.3) is 0 Å². The number of amides is 1. The lowest BCUT2D eigenvalue weighted by Crippen LogP contribution is -2.72. The first-order valence-corrected chi connectivity index (χ1v) is 6.84. The quantitative estimate of drug-likeness (QED) is 0.560. The zero-order valence-corrected chi connectivity index (χ0v) is 10.7. The Morgan fingerprint density at radius 3 is 3.11 bits per heavy atom. The van der Waals surface area contributed by atoms with Gasteiger partial charge < -0.3 is 15.8 Å². The minimum Gasteiger partial charge on any atom is -0.376 e. The molecule has 0 radical (unpaired) electrons. The highest BCUT2D eigenvalue weighted by molar-refractivity contribution is 5.76. The molecule has 1 saturated carbocycles. The van der Waals surface area contributed by atoms with E-state index in [0.717, 1.165) is 38.7 Å². The van der Waals surface area contributed by atoms with E-state index in [9.17, 15) is 4.79 Å². The molecule has 100 valence electrons. The Balaban J connectivity index is 1.69. The fourth-order valence-corrected chi connectivity index (χ4v) is 2.90. The Labute approximate surface area is 109 Å². The Morgan fingerprint density at radius 1 is 1.50 bits per heavy atom. The van der Waals surface area contributed by atoms with Crippen LogP contribution in [0.4, 0.5) is 0 Å². The Morgan fingerprint density at radius 2 is 2.33 bits per heavy atom. The largest absolute Gasteiger partial charge is 0.376 e. The van der Waals surface area contributed by atoms with Crippen molar-refractivity contribution in [1.29, 1.82) is 0 Å². The summed E-state index contributed by atoms with van der Waals surface area (Å²) < 4.78 is 5.68. The zero-order chi connectivity index (χ0) is 13.0. The monoisotopic (exact) mass is 250 g/mol. The molecular weight excluding hydrogens is 228 g/mol. The lowest BCUT2D eigenvalue weighted by atomic mass is 9.68. The molecule has 3 N–H and O–H groups in total. The molecular formula is C14H22N2O2. The van der Waals surface area contributed by atoms with Gasteiger partial charge in [-0.3, -0.25) is 4.79 Å². The number of fused-ring (bicyclic) bond motifs is 1. The summed E-state index contributed by atoms with van der Waals surface area (Å²) in [7, 11) is 0. The molecule has 4 heteroatoms. The van der Waals surface area contributed by atoms with Crippen molar-refractivity contribution in [2.24, 2.45) is 11.7 Å². The second kappa shape index (κ2) is 6.21. The van der Waals surface area contributed by atoms with Crippen molar-refractivity contribution in [3.8, 4) is 12.3 Å². The molecule has 0 aromatic heterocycles. The molecule has 1 saturated heterocycles. The molecule has 0 bridgehead atoms. The number of rotatable bonds is 5. The summed E-state index contributed by atoms with van der Waals surface area (Å²) in [6.07, 6.45) is 10.5. The van der Waals surface area contributed by atoms with Crippen LogP contribution < -0.4 is 11.1 Å². The van der Waals surface area contributed by atoms with Gasteiger partial charge in [0.15, 0.2) is 0 Å². The van der Waals surface area contributed by atoms with Crippen LogP contribution in [0.2, 0.25) is 0 Å². The van der Waals surface area contributed by atoms with Crippen molar-refractivity contribution in [1.82, 2.24) is 5.32 Å². The first kappa shape index (κ1) is 13.4. The van der Waals surface area contributed by atoms with Crippen LogP contribution >= 0.6 is 0 Å². The summed E-state index contributed by atoms with van der Waals surface area (Å²) in [5, 5.41) is 3.00. The van der Waals surface area contributed by atoms with Gasteiger partial charge in [-0.05, 0) is 25.7 Å². The van der Waals surface area contributed by atoms with Gasteiger partial charge in [0.05, 0.1) is 12.1 Å². The summed E-state index contributed by atoms with van der Waals surface area (Å²) in [6.45, 7) is 0.794. The lowest BCUT2D eigenvalue weighted by Gasteiger charge is -2.52. The number of hydrogen-bond acceptors (Lipinski definition) is 3. The average Bonchev–Trinajstić information content (AvgIpc) is 2.40. The van der Waals surface area contributed by atoms with Gasteiger partial charge in [-0.2, -0.15) is 0 Å². The summed E-state index contributed by atoms with van der Waals surface area (Å²) in [4.78, 5) is 11.8. The molecule has 1 amide bonds. The Hall–Kier alpha value is -1.05. The average molecular weight is 250 g/mol. The SMILES string of the molecule is C#CCCCCC(=O)NC1C(N)C2CCCOC21. The van der Waals surface area contributed by atoms with E-state index >= 15 is 0 Å². The van der Waals surface area contributed by atoms with Crippen molar-refractivity contribution < 1.29 is 9.53 Å². The van der Waals surface area contributed by atoms with Crippen LogP contribution in [0, 0.1) is 18.3 Å². The van der Waals surface area contributed by atoms with Gasteiger partial charge in [0, 0.05) is 31.4 Å². The normalized spacial score (nSPS) is 34.0. The van der Waals surface area contributed by atoms with Gasteiger partial charge in [-0.15, -0.1) is 12.3 Å². The van der Waals surface area contributed by atoms with E-state index in [1.54, 1.807) is 0 Å². The van der Waals surface area contributed by atoms with Gasteiger partial charge in [-0.25, -0.2) is 0 Å². The van der Waals surface area contributed by atoms with Crippen molar-refractivity contribution in [3.63, 3.8) is 0 Å². The van der Waals surface area contributed by atoms with Crippen LogP contribution in [0.1, 0.15) is 38.5 Å². The highest BCUT2D eigenvalue weighted by Gasteiger charge is 2.50. The summed E-state index contributed by atoms with van der Waals surface area (Å²) in [6, 6.07) is 0.0698. The van der Waals surface area contributed by atoms with E-state index in [0.29, 0.717) is 12.3 Å². The van der Waals surface area contributed by atoms with Gasteiger partial charge in [0.2, 0.25) is 5.91 Å². The molecule has 0 aromatic carbocycles. The minimum absolute atomic E-state index is 0.00966. The maximum absolute atomic E-state index is 11.8. The number of nitrogens with two attached hydrogens (primary N) is 1. The van der Waals surface area contributed by atoms with E-state index in [4.69, 9.17) is 16.9 Å². The maximum atomic E-state index is 11.8. The second-order valence-electron chi connectivity index (χ2n) is 5.22. The highest BCUT2D eigenvalue weighted by Crippen LogP contribution is 2.36. The summed E-state index contributed by atoms with van der Waals surface area (Å²) in [5.41, 5.74) is 6.08. The van der Waals surface area contributed by atoms with Crippen LogP contribution in [0.15, 0.2) is 0 Å². The molecule has 4 atom stereocenters. The smallest absolute Gasteiger partial charge is 0.220 e. The van der Waals surface area contributed by atoms with Gasteiger partial charge >= 0.3 is 0 Å². The number of nitrogens with one attached hydrogen (secondary N) is 1. The van der Waals surface area contributed by atoms with Crippen LogP contribution in [0.3, 0.4) is 0 Å². The molecule has 4 nitrogen and oxygen atoms in total. The van der Waals surface area contributed by atoms with Gasteiger partial charge in [0.1, 0.15) is 0 Å². The van der Waals surface area contributed by atoms with Crippen LogP contribution in [-0.2, 0) is 9.53 Å². The first-order chi connectivity index (χ1) is 8.74. The Bertz CT molecular complexity index is 337. The van der Waals surface area contributed by atoms with Gasteiger partial charge in [0.25, 0.3) is 0 Å². The third-order valence-electron chi connectivity index (χ3n) is 3.98. The zero-order valence-electron chi connectivity index (χ0n) is 10.7. The standard InChI is InChI=1S/C14H22N2O2/c1-2-3-4-5-8-11(17)16-13-12(15)10-7-6-9-18-14(10)13/h1,10,12-14H,3-9,15H2,(H,16,17). The number of carbonyl (C=O) groups is 1. The van der Waals surface area contributed by atoms with Gasteiger partial charge in [-0.1, -0.05) is 0 Å². The molecule has 0 spiro atoms. The highest BCUT2D eigenvalue weighted by atomic mass is 16.5. The van der Waals surface area contributed by atoms with E-state index in [2.05, 4.69) is 11.2 Å². The van der Waals surface area contributed by atoms with E-state index in [-0.39, 0.29) is 24.1 Å². The molecule has 1 heterocycles. The van der Waals surface area contributed by atoms with Crippen molar-refractivity contribution in [2.75, 3.05) is 6.61 Å².